The molecule has 0 radical (unpaired) electrons. The van der Waals surface area contributed by atoms with Gasteiger partial charge in [-0.05, 0) is 41.0 Å². The molecule has 0 spiro atoms. The van der Waals surface area contributed by atoms with Crippen molar-refractivity contribution in [1.29, 1.82) is 0 Å². The minimum absolute atomic E-state index is 0.724. The first-order chi connectivity index (χ1) is 7.31. The maximum atomic E-state index is 5.18. The van der Waals surface area contributed by atoms with Gasteiger partial charge in [-0.25, -0.2) is 0 Å². The van der Waals surface area contributed by atoms with E-state index in [1.807, 2.05) is 0 Å². The quantitative estimate of drug-likeness (QED) is 0.832. The van der Waals surface area contributed by atoms with Gasteiger partial charge in [0.15, 0.2) is 4.77 Å². The van der Waals surface area contributed by atoms with Gasteiger partial charge in [0.25, 0.3) is 0 Å². The smallest absolute Gasteiger partial charge is 0.195 e. The van der Waals surface area contributed by atoms with E-state index in [9.17, 15) is 0 Å². The maximum absolute atomic E-state index is 5.18. The highest BCUT2D eigenvalue weighted by atomic mass is 32.1. The van der Waals surface area contributed by atoms with Crippen molar-refractivity contribution >= 4 is 23.6 Å². The van der Waals surface area contributed by atoms with Crippen LogP contribution in [0.4, 0.5) is 0 Å². The van der Waals surface area contributed by atoms with Crippen LogP contribution in [0.2, 0.25) is 0 Å². The van der Waals surface area contributed by atoms with Gasteiger partial charge in [-0.1, -0.05) is 6.92 Å². The summed E-state index contributed by atoms with van der Waals surface area (Å²) in [6.07, 6.45) is 1.93. The largest absolute Gasteiger partial charge is 0.304 e. The first-order valence-electron chi connectivity index (χ1n) is 4.96. The zero-order valence-electron chi connectivity index (χ0n) is 8.56. The van der Waals surface area contributed by atoms with Gasteiger partial charge in [-0.2, -0.15) is 16.4 Å². The number of hydrogen-bond acceptors (Lipinski definition) is 3. The molecule has 0 fully saturated rings. The number of aromatic nitrogens is 3. The van der Waals surface area contributed by atoms with E-state index in [-0.39, 0.29) is 0 Å². The van der Waals surface area contributed by atoms with Crippen LogP contribution in [0.5, 0.6) is 0 Å². The third-order valence-corrected chi connectivity index (χ3v) is 3.27. The Balaban J connectivity index is 2.24. The van der Waals surface area contributed by atoms with E-state index < -0.39 is 0 Å². The highest BCUT2D eigenvalue weighted by Crippen LogP contribution is 2.11. The summed E-state index contributed by atoms with van der Waals surface area (Å²) in [5.41, 5.74) is 1.30. The van der Waals surface area contributed by atoms with Gasteiger partial charge in [0.1, 0.15) is 5.82 Å². The number of nitrogens with zero attached hydrogens (tertiary/aromatic N) is 2. The van der Waals surface area contributed by atoms with Crippen LogP contribution in [0.1, 0.15) is 24.7 Å². The van der Waals surface area contributed by atoms with E-state index in [1.54, 1.807) is 11.3 Å². The molecule has 2 aromatic rings. The third kappa shape index (κ3) is 2.35. The summed E-state index contributed by atoms with van der Waals surface area (Å²) in [4.78, 5) is 0. The number of rotatable bonds is 4. The Bertz CT molecular complexity index is 467. The second kappa shape index (κ2) is 4.72. The standard InChI is InChI=1S/C10H13N3S2/c1-2-4-13-9(11-12-10(13)14)6-8-3-5-15-7-8/h3,5,7H,2,4,6H2,1H3,(H,12,14). The molecular weight excluding hydrogens is 226 g/mol. The first-order valence-corrected chi connectivity index (χ1v) is 6.31. The Kier molecular flexibility index (Phi) is 3.33. The number of nitrogens with one attached hydrogen (secondary N) is 1. The molecule has 2 aromatic heterocycles. The fraction of sp³-hybridized carbons (Fsp3) is 0.400. The van der Waals surface area contributed by atoms with Gasteiger partial charge in [0.05, 0.1) is 0 Å². The van der Waals surface area contributed by atoms with Gasteiger partial charge in [-0.3, -0.25) is 5.10 Å². The lowest BCUT2D eigenvalue weighted by molar-refractivity contribution is 0.640. The summed E-state index contributed by atoms with van der Waals surface area (Å²) >= 11 is 6.89. The van der Waals surface area contributed by atoms with Gasteiger partial charge < -0.3 is 4.57 Å². The van der Waals surface area contributed by atoms with Crippen LogP contribution in [0.25, 0.3) is 0 Å². The normalized spacial score (nSPS) is 10.7. The van der Waals surface area contributed by atoms with Crippen LogP contribution >= 0.6 is 23.6 Å². The molecule has 1 N–H and O–H groups in total. The molecule has 15 heavy (non-hydrogen) atoms. The summed E-state index contributed by atoms with van der Waals surface area (Å²) in [5, 5.41) is 11.3. The van der Waals surface area contributed by atoms with Gasteiger partial charge in [0.2, 0.25) is 0 Å². The van der Waals surface area contributed by atoms with E-state index in [4.69, 9.17) is 12.2 Å². The molecule has 0 amide bonds. The zero-order chi connectivity index (χ0) is 10.7. The SMILES string of the molecule is CCCn1c(Cc2ccsc2)n[nH]c1=S. The Hall–Kier alpha value is -0.940. The van der Waals surface area contributed by atoms with Gasteiger partial charge in [-0.15, -0.1) is 0 Å². The van der Waals surface area contributed by atoms with Crippen molar-refractivity contribution in [2.24, 2.45) is 0 Å². The summed E-state index contributed by atoms with van der Waals surface area (Å²) < 4.78 is 2.80. The molecule has 0 bridgehead atoms. The highest BCUT2D eigenvalue weighted by Gasteiger charge is 2.06. The summed E-state index contributed by atoms with van der Waals surface area (Å²) in [6.45, 7) is 3.08. The summed E-state index contributed by atoms with van der Waals surface area (Å²) in [5.74, 6) is 1.03. The van der Waals surface area contributed by atoms with E-state index in [1.165, 1.54) is 5.56 Å². The predicted molar refractivity (Wildman–Crippen MR) is 64.8 cm³/mol. The maximum Gasteiger partial charge on any atom is 0.195 e. The molecule has 3 nitrogen and oxygen atoms in total. The number of hydrogen-bond donors (Lipinski definition) is 1. The van der Waals surface area contributed by atoms with Crippen molar-refractivity contribution in [2.75, 3.05) is 0 Å². The Morgan fingerprint density at radius 2 is 2.47 bits per heavy atom. The number of aromatic amines is 1. The molecule has 0 atom stereocenters. The van der Waals surface area contributed by atoms with Crippen LogP contribution < -0.4 is 0 Å². The average Bonchev–Trinajstić information content (AvgIpc) is 2.83. The van der Waals surface area contributed by atoms with E-state index >= 15 is 0 Å². The van der Waals surface area contributed by atoms with Gasteiger partial charge >= 0.3 is 0 Å². The first kappa shape index (κ1) is 10.6. The molecule has 80 valence electrons. The molecule has 2 heterocycles. The van der Waals surface area contributed by atoms with Crippen molar-refractivity contribution in [3.05, 3.63) is 33.0 Å². The molecule has 5 heteroatoms. The number of thiophene rings is 1. The summed E-state index contributed by atoms with van der Waals surface area (Å²) in [6, 6.07) is 2.12. The Morgan fingerprint density at radius 1 is 1.60 bits per heavy atom. The second-order valence-corrected chi connectivity index (χ2v) is 4.57. The lowest BCUT2D eigenvalue weighted by Gasteiger charge is -2.03. The second-order valence-electron chi connectivity index (χ2n) is 3.41. The van der Waals surface area contributed by atoms with Crippen LogP contribution in [0, 0.1) is 4.77 Å². The van der Waals surface area contributed by atoms with E-state index in [0.29, 0.717) is 0 Å². The third-order valence-electron chi connectivity index (χ3n) is 2.23. The summed E-state index contributed by atoms with van der Waals surface area (Å²) in [7, 11) is 0. The molecular formula is C10H13N3S2. The fourth-order valence-corrected chi connectivity index (χ4v) is 2.43. The minimum atomic E-state index is 0.724. The fourth-order valence-electron chi connectivity index (χ4n) is 1.52. The highest BCUT2D eigenvalue weighted by molar-refractivity contribution is 7.71. The van der Waals surface area contributed by atoms with Gasteiger partial charge in [0, 0.05) is 13.0 Å². The molecule has 0 unspecified atom stereocenters. The van der Waals surface area contributed by atoms with Crippen molar-refractivity contribution in [3.8, 4) is 0 Å². The van der Waals surface area contributed by atoms with Crippen molar-refractivity contribution in [3.63, 3.8) is 0 Å². The molecule has 0 saturated carbocycles. The lowest BCUT2D eigenvalue weighted by Crippen LogP contribution is -2.03. The van der Waals surface area contributed by atoms with Crippen molar-refractivity contribution in [1.82, 2.24) is 14.8 Å². The van der Waals surface area contributed by atoms with Crippen molar-refractivity contribution in [2.45, 2.75) is 26.3 Å². The zero-order valence-corrected chi connectivity index (χ0v) is 10.2. The predicted octanol–water partition coefficient (Wildman–Crippen LogP) is 3.00. The Morgan fingerprint density at radius 3 is 3.13 bits per heavy atom. The lowest BCUT2D eigenvalue weighted by atomic mass is 10.2. The van der Waals surface area contributed by atoms with Crippen LogP contribution in [-0.2, 0) is 13.0 Å². The molecule has 0 aliphatic heterocycles. The van der Waals surface area contributed by atoms with Crippen LogP contribution in [0.3, 0.4) is 0 Å². The monoisotopic (exact) mass is 239 g/mol. The molecule has 0 aliphatic rings. The molecule has 0 aliphatic carbocycles. The molecule has 0 aromatic carbocycles. The van der Waals surface area contributed by atoms with Crippen LogP contribution in [0.15, 0.2) is 16.8 Å². The minimum Gasteiger partial charge on any atom is -0.304 e. The van der Waals surface area contributed by atoms with Crippen LogP contribution in [-0.4, -0.2) is 14.8 Å². The molecule has 0 saturated heterocycles. The number of H-pyrrole nitrogens is 1. The van der Waals surface area contributed by atoms with Crippen molar-refractivity contribution < 1.29 is 0 Å². The Labute approximate surface area is 97.8 Å². The molecule has 2 rings (SSSR count). The van der Waals surface area contributed by atoms with E-state index in [0.717, 1.165) is 30.0 Å². The average molecular weight is 239 g/mol. The topological polar surface area (TPSA) is 33.6 Å². The van der Waals surface area contributed by atoms with E-state index in [2.05, 4.69) is 38.5 Å².